The predicted octanol–water partition coefficient (Wildman–Crippen LogP) is 3.90. The van der Waals surface area contributed by atoms with E-state index in [4.69, 9.17) is 16.3 Å². The summed E-state index contributed by atoms with van der Waals surface area (Å²) in [6, 6.07) is 11.4. The molecular weight excluding hydrogens is 371 g/mol. The second kappa shape index (κ2) is 7.09. The van der Waals surface area contributed by atoms with Gasteiger partial charge in [-0.2, -0.15) is 0 Å². The minimum Gasteiger partial charge on any atom is -0.365 e. The molecule has 1 aromatic heterocycles. The van der Waals surface area contributed by atoms with Crippen molar-refractivity contribution in [1.29, 1.82) is 0 Å². The van der Waals surface area contributed by atoms with Gasteiger partial charge in [0.05, 0.1) is 18.8 Å². The molecule has 1 aliphatic rings. The van der Waals surface area contributed by atoms with Crippen molar-refractivity contribution in [3.05, 3.63) is 75.8 Å². The Labute approximate surface area is 159 Å². The molecule has 1 atom stereocenters. The molecule has 2 heterocycles. The summed E-state index contributed by atoms with van der Waals surface area (Å²) < 4.78 is 20.6. The Morgan fingerprint density at radius 3 is 2.81 bits per heavy atom. The van der Waals surface area contributed by atoms with Gasteiger partial charge in [-0.05, 0) is 48.4 Å². The van der Waals surface area contributed by atoms with Gasteiger partial charge in [0, 0.05) is 10.7 Å². The fourth-order valence-corrected chi connectivity index (χ4v) is 3.24. The number of fused-ring (bicyclic) bond motifs is 1. The Bertz CT molecular complexity index is 1000. The maximum atomic E-state index is 13.1. The van der Waals surface area contributed by atoms with E-state index in [0.29, 0.717) is 22.9 Å². The van der Waals surface area contributed by atoms with Crippen molar-refractivity contribution >= 4 is 23.2 Å². The van der Waals surface area contributed by atoms with E-state index < -0.39 is 0 Å². The summed E-state index contributed by atoms with van der Waals surface area (Å²) >= 11 is 5.95. The van der Waals surface area contributed by atoms with Gasteiger partial charge in [0.1, 0.15) is 11.9 Å². The van der Waals surface area contributed by atoms with Gasteiger partial charge >= 0.3 is 0 Å². The van der Waals surface area contributed by atoms with Crippen LogP contribution in [0.25, 0.3) is 0 Å². The summed E-state index contributed by atoms with van der Waals surface area (Å²) in [5.74, 6) is -0.655. The highest BCUT2D eigenvalue weighted by Crippen LogP contribution is 2.27. The zero-order valence-electron chi connectivity index (χ0n) is 14.4. The van der Waals surface area contributed by atoms with Crippen molar-refractivity contribution in [2.24, 2.45) is 0 Å². The van der Waals surface area contributed by atoms with E-state index in [-0.39, 0.29) is 30.1 Å². The third-order valence-electron chi connectivity index (χ3n) is 4.49. The summed E-state index contributed by atoms with van der Waals surface area (Å²) in [5, 5.41) is 11.5. The smallest absolute Gasteiger partial charge is 0.278 e. The molecule has 138 valence electrons. The first kappa shape index (κ1) is 17.6. The molecule has 0 fully saturated rings. The number of aryl methyl sites for hydroxylation is 1. The Morgan fingerprint density at radius 1 is 1.30 bits per heavy atom. The highest BCUT2D eigenvalue weighted by atomic mass is 35.5. The third-order valence-corrected chi connectivity index (χ3v) is 4.73. The average molecular weight is 387 g/mol. The van der Waals surface area contributed by atoms with Crippen LogP contribution < -0.4 is 5.32 Å². The van der Waals surface area contributed by atoms with Crippen molar-refractivity contribution in [3.63, 3.8) is 0 Å². The first-order valence-electron chi connectivity index (χ1n) is 8.38. The highest BCUT2D eigenvalue weighted by Gasteiger charge is 2.28. The first-order chi connectivity index (χ1) is 13.0. The number of hydrogen-bond acceptors (Lipinski definition) is 4. The van der Waals surface area contributed by atoms with E-state index in [1.807, 2.05) is 6.92 Å². The number of hydrogen-bond donors (Lipinski definition) is 1. The summed E-state index contributed by atoms with van der Waals surface area (Å²) in [7, 11) is 0. The normalized spacial score (nSPS) is 16.0. The fourth-order valence-electron chi connectivity index (χ4n) is 3.02. The number of halogens is 2. The lowest BCUT2D eigenvalue weighted by molar-refractivity contribution is -0.00174. The quantitative estimate of drug-likeness (QED) is 0.741. The van der Waals surface area contributed by atoms with Crippen LogP contribution in [-0.4, -0.2) is 20.9 Å². The van der Waals surface area contributed by atoms with Gasteiger partial charge in [0.15, 0.2) is 5.69 Å². The van der Waals surface area contributed by atoms with Crippen LogP contribution in [0.2, 0.25) is 5.02 Å². The molecule has 1 unspecified atom stereocenters. The maximum absolute atomic E-state index is 13.1. The number of aromatic nitrogens is 3. The molecular formula is C19H16ClFN4O2. The molecule has 4 rings (SSSR count). The van der Waals surface area contributed by atoms with Crippen molar-refractivity contribution in [1.82, 2.24) is 15.0 Å². The number of ether oxygens (including phenoxy) is 1. The average Bonchev–Trinajstić information content (AvgIpc) is 3.08. The van der Waals surface area contributed by atoms with Crippen molar-refractivity contribution < 1.29 is 13.9 Å². The first-order valence-corrected chi connectivity index (χ1v) is 8.76. The standard InChI is InChI=1S/C19H16ClFN4O2/c1-11-8-13(20)4-7-15(11)22-19(26)18-16-10-27-17(9-25(16)24-23-18)12-2-5-14(21)6-3-12/h2-8,17H,9-10H2,1H3,(H,22,26). The van der Waals surface area contributed by atoms with Crippen molar-refractivity contribution in [3.8, 4) is 0 Å². The second-order valence-electron chi connectivity index (χ2n) is 6.33. The van der Waals surface area contributed by atoms with E-state index in [1.165, 1.54) is 12.1 Å². The summed E-state index contributed by atoms with van der Waals surface area (Å²) in [4.78, 5) is 12.6. The molecule has 0 radical (unpaired) electrons. The Balaban J connectivity index is 1.52. The fraction of sp³-hybridized carbons (Fsp3) is 0.211. The Hall–Kier alpha value is -2.77. The van der Waals surface area contributed by atoms with Crippen LogP contribution in [0.3, 0.4) is 0 Å². The van der Waals surface area contributed by atoms with Crippen LogP contribution in [0.1, 0.15) is 33.4 Å². The molecule has 1 N–H and O–H groups in total. The van der Waals surface area contributed by atoms with Gasteiger partial charge in [-0.15, -0.1) is 5.10 Å². The SMILES string of the molecule is Cc1cc(Cl)ccc1NC(=O)c1nnn2c1COC(c1ccc(F)cc1)C2. The number of benzene rings is 2. The zero-order chi connectivity index (χ0) is 19.0. The summed E-state index contributed by atoms with van der Waals surface area (Å²) in [6.07, 6.45) is -0.269. The molecule has 6 nitrogen and oxygen atoms in total. The Morgan fingerprint density at radius 2 is 2.07 bits per heavy atom. The number of rotatable bonds is 3. The molecule has 1 aliphatic heterocycles. The number of nitrogens with zero attached hydrogens (tertiary/aromatic N) is 3. The monoisotopic (exact) mass is 386 g/mol. The second-order valence-corrected chi connectivity index (χ2v) is 6.77. The van der Waals surface area contributed by atoms with Crippen LogP contribution in [0.15, 0.2) is 42.5 Å². The van der Waals surface area contributed by atoms with Crippen LogP contribution >= 0.6 is 11.6 Å². The lowest BCUT2D eigenvalue weighted by Crippen LogP contribution is -2.24. The molecule has 0 spiro atoms. The van der Waals surface area contributed by atoms with Crippen molar-refractivity contribution in [2.75, 3.05) is 5.32 Å². The van der Waals surface area contributed by atoms with E-state index in [9.17, 15) is 9.18 Å². The highest BCUT2D eigenvalue weighted by molar-refractivity contribution is 6.30. The molecule has 1 amide bonds. The molecule has 0 aliphatic carbocycles. The zero-order valence-corrected chi connectivity index (χ0v) is 15.2. The predicted molar refractivity (Wildman–Crippen MR) is 98.1 cm³/mol. The lowest BCUT2D eigenvalue weighted by Gasteiger charge is -2.24. The van der Waals surface area contributed by atoms with E-state index >= 15 is 0 Å². The maximum Gasteiger partial charge on any atom is 0.278 e. The largest absolute Gasteiger partial charge is 0.365 e. The summed E-state index contributed by atoms with van der Waals surface area (Å²) in [6.45, 7) is 2.46. The molecule has 0 saturated carbocycles. The molecule has 0 saturated heterocycles. The molecule has 8 heteroatoms. The van der Waals surface area contributed by atoms with Gasteiger partial charge in [0.25, 0.3) is 5.91 Å². The Kier molecular flexibility index (Phi) is 4.63. The van der Waals surface area contributed by atoms with Gasteiger partial charge in [0.2, 0.25) is 0 Å². The van der Waals surface area contributed by atoms with Crippen LogP contribution in [0, 0.1) is 12.7 Å². The molecule has 3 aromatic rings. The minimum absolute atomic E-state index is 0.192. The topological polar surface area (TPSA) is 69.0 Å². The third kappa shape index (κ3) is 3.56. The number of anilines is 1. The van der Waals surface area contributed by atoms with Crippen LogP contribution in [0.4, 0.5) is 10.1 Å². The van der Waals surface area contributed by atoms with Gasteiger partial charge in [-0.1, -0.05) is 28.9 Å². The van der Waals surface area contributed by atoms with E-state index in [2.05, 4.69) is 15.6 Å². The van der Waals surface area contributed by atoms with Crippen LogP contribution in [-0.2, 0) is 17.9 Å². The number of carbonyl (C=O) groups is 1. The van der Waals surface area contributed by atoms with Gasteiger partial charge < -0.3 is 10.1 Å². The van der Waals surface area contributed by atoms with Gasteiger partial charge in [-0.3, -0.25) is 4.79 Å². The van der Waals surface area contributed by atoms with Gasteiger partial charge in [-0.25, -0.2) is 9.07 Å². The number of carbonyl (C=O) groups excluding carboxylic acids is 1. The van der Waals surface area contributed by atoms with E-state index in [0.717, 1.165) is 11.1 Å². The number of nitrogens with one attached hydrogen (secondary N) is 1. The van der Waals surface area contributed by atoms with Crippen molar-refractivity contribution in [2.45, 2.75) is 26.2 Å². The lowest BCUT2D eigenvalue weighted by atomic mass is 10.1. The minimum atomic E-state index is -0.356. The molecule has 27 heavy (non-hydrogen) atoms. The summed E-state index contributed by atoms with van der Waals surface area (Å²) in [5.41, 5.74) is 3.19. The molecule has 2 aromatic carbocycles. The van der Waals surface area contributed by atoms with E-state index in [1.54, 1.807) is 35.0 Å². The molecule has 0 bridgehead atoms. The number of amides is 1. The van der Waals surface area contributed by atoms with Crippen LogP contribution in [0.5, 0.6) is 0 Å².